The van der Waals surface area contributed by atoms with E-state index in [1.165, 1.54) is 18.5 Å². The van der Waals surface area contributed by atoms with Crippen LogP contribution >= 0.6 is 15.9 Å². The van der Waals surface area contributed by atoms with E-state index in [1.807, 2.05) is 61.6 Å². The Morgan fingerprint density at radius 2 is 1.52 bits per heavy atom. The number of hydrogen-bond donors (Lipinski definition) is 5. The van der Waals surface area contributed by atoms with Crippen molar-refractivity contribution in [2.24, 2.45) is 0 Å². The number of nitrogens with one attached hydrogen (secondary N) is 2. The third-order valence-electron chi connectivity index (χ3n) is 8.49. The summed E-state index contributed by atoms with van der Waals surface area (Å²) in [6, 6.07) is 16.2. The normalized spacial score (nSPS) is 12.3. The van der Waals surface area contributed by atoms with Crippen LogP contribution in [0.2, 0.25) is 0 Å². The van der Waals surface area contributed by atoms with Crippen LogP contribution in [0.4, 0.5) is 0 Å². The van der Waals surface area contributed by atoms with Crippen molar-refractivity contribution in [2.75, 3.05) is 18.9 Å². The zero-order chi connectivity index (χ0) is 42.8. The number of nitrogens with zero attached hydrogens (tertiary/aromatic N) is 2. The monoisotopic (exact) mass is 920 g/mol. The molecule has 0 bridgehead atoms. The third-order valence-corrected chi connectivity index (χ3v) is 13.0. The van der Waals surface area contributed by atoms with E-state index in [0.717, 1.165) is 27.8 Å². The lowest BCUT2D eigenvalue weighted by Crippen LogP contribution is -2.51. The average Bonchev–Trinajstić information content (AvgIpc) is 3.14. The van der Waals surface area contributed by atoms with Gasteiger partial charge in [-0.2, -0.15) is 30.5 Å². The Kier molecular flexibility index (Phi) is 15.4. The molecule has 4 aromatic rings. The van der Waals surface area contributed by atoms with Gasteiger partial charge in [0.15, 0.2) is 0 Å². The number of amides is 1. The highest BCUT2D eigenvalue weighted by atomic mass is 79.9. The Labute approximate surface area is 344 Å². The Morgan fingerprint density at radius 3 is 2.16 bits per heavy atom. The standard InChI is InChI=1S/C37H37BrN4O13S3/c1-4-11-53-33-10-6-9-30(24(33)3)29-8-5-7-27(23(29)2)21-55-35-14-34(54-20-26-12-25(15-39)16-40-17-26)28(13-31(35)38)18-41-32(22-56(44,45)46)37(43)42-19-36(57(47,48)49)58(50,51)52/h1,5-10,12-14,16-17,32,36,41H,11,18-22H2,2-3H3,(H,42,43)(H,44,45,46)(H,47,48,49)(H,50,51,52)/t32-/m1/s1. The molecule has 4 rings (SSSR count). The summed E-state index contributed by atoms with van der Waals surface area (Å²) in [4.78, 5) is 17.0. The SMILES string of the molecule is C#CCOc1cccc(-c2cccc(COc3cc(OCc4cncc(C#N)c4)c(CN[C@H](CS(=O)(=O)O)C(=O)NCC(S(=O)(=O)O)S(=O)(=O)O)cc3Br)c2C)c1C. The summed E-state index contributed by atoms with van der Waals surface area (Å²) in [5.41, 5.74) is 5.64. The molecule has 1 aromatic heterocycles. The zero-order valence-electron chi connectivity index (χ0n) is 30.7. The van der Waals surface area contributed by atoms with Gasteiger partial charge in [0, 0.05) is 36.1 Å². The molecule has 0 saturated heterocycles. The highest BCUT2D eigenvalue weighted by Gasteiger charge is 2.37. The van der Waals surface area contributed by atoms with E-state index in [2.05, 4.69) is 32.2 Å². The number of hydrogen-bond acceptors (Lipinski definition) is 13. The zero-order valence-corrected chi connectivity index (χ0v) is 34.8. The number of carbonyl (C=O) groups excluding carboxylic acids is 1. The van der Waals surface area contributed by atoms with Crippen molar-refractivity contribution in [3.05, 3.63) is 105 Å². The largest absolute Gasteiger partial charge is 0.488 e. The Morgan fingerprint density at radius 1 is 0.862 bits per heavy atom. The molecular weight excluding hydrogens is 885 g/mol. The average molecular weight is 922 g/mol. The molecule has 0 aliphatic rings. The smallest absolute Gasteiger partial charge is 0.286 e. The molecule has 0 aliphatic carbocycles. The van der Waals surface area contributed by atoms with Gasteiger partial charge in [-0.15, -0.1) is 6.42 Å². The molecule has 21 heteroatoms. The van der Waals surface area contributed by atoms with Gasteiger partial charge in [-0.3, -0.25) is 23.4 Å². The van der Waals surface area contributed by atoms with E-state index in [9.17, 15) is 49.0 Å². The highest BCUT2D eigenvalue weighted by molar-refractivity contribution is 9.10. The van der Waals surface area contributed by atoms with Crippen LogP contribution in [-0.2, 0) is 54.9 Å². The lowest BCUT2D eigenvalue weighted by atomic mass is 9.93. The molecule has 0 aliphatic heterocycles. The number of benzene rings is 3. The van der Waals surface area contributed by atoms with Gasteiger partial charge < -0.3 is 24.8 Å². The highest BCUT2D eigenvalue weighted by Crippen LogP contribution is 2.36. The van der Waals surface area contributed by atoms with E-state index in [1.54, 1.807) is 12.1 Å². The quantitative estimate of drug-likeness (QED) is 0.0662. The number of carbonyl (C=O) groups is 1. The van der Waals surface area contributed by atoms with Crippen LogP contribution in [0.1, 0.15) is 33.4 Å². The van der Waals surface area contributed by atoms with Crippen molar-refractivity contribution in [3.63, 3.8) is 0 Å². The van der Waals surface area contributed by atoms with Crippen LogP contribution in [0.5, 0.6) is 17.2 Å². The minimum Gasteiger partial charge on any atom is -0.488 e. The molecule has 17 nitrogen and oxygen atoms in total. The van der Waals surface area contributed by atoms with Gasteiger partial charge in [0.25, 0.3) is 30.4 Å². The van der Waals surface area contributed by atoms with Crippen LogP contribution in [0, 0.1) is 37.5 Å². The van der Waals surface area contributed by atoms with E-state index in [-0.39, 0.29) is 37.7 Å². The fraction of sp³-hybridized carbons (Fsp3) is 0.270. The lowest BCUT2D eigenvalue weighted by molar-refractivity contribution is -0.122. The second-order valence-corrected chi connectivity index (χ2v) is 18.4. The van der Waals surface area contributed by atoms with E-state index in [4.69, 9.17) is 20.6 Å². The minimum absolute atomic E-state index is 0.0977. The van der Waals surface area contributed by atoms with Gasteiger partial charge in [-0.1, -0.05) is 36.3 Å². The maximum absolute atomic E-state index is 13.0. The molecule has 58 heavy (non-hydrogen) atoms. The van der Waals surface area contributed by atoms with Crippen molar-refractivity contribution in [1.82, 2.24) is 15.6 Å². The molecule has 1 amide bonds. The van der Waals surface area contributed by atoms with E-state index in [0.29, 0.717) is 27.1 Å². The fourth-order valence-electron chi connectivity index (χ4n) is 5.56. The molecule has 308 valence electrons. The molecule has 0 saturated carbocycles. The number of aromatic nitrogens is 1. The van der Waals surface area contributed by atoms with Crippen molar-refractivity contribution in [2.45, 2.75) is 44.2 Å². The maximum Gasteiger partial charge on any atom is 0.286 e. The molecule has 1 heterocycles. The Bertz CT molecular complexity index is 2560. The molecule has 1 atom stereocenters. The van der Waals surface area contributed by atoms with Crippen LogP contribution in [0.3, 0.4) is 0 Å². The molecule has 5 N–H and O–H groups in total. The summed E-state index contributed by atoms with van der Waals surface area (Å²) in [5.74, 6) is 1.02. The van der Waals surface area contributed by atoms with Gasteiger partial charge in [-0.25, -0.2) is 0 Å². The second-order valence-electron chi connectivity index (χ2n) is 12.6. The summed E-state index contributed by atoms with van der Waals surface area (Å²) in [5, 5.41) is 13.8. The first kappa shape index (κ1) is 45.6. The first-order chi connectivity index (χ1) is 27.2. The first-order valence-corrected chi connectivity index (χ1v) is 22.2. The van der Waals surface area contributed by atoms with Crippen LogP contribution in [0.25, 0.3) is 11.1 Å². The lowest BCUT2D eigenvalue weighted by Gasteiger charge is -2.21. The van der Waals surface area contributed by atoms with Crippen LogP contribution < -0.4 is 24.8 Å². The van der Waals surface area contributed by atoms with Gasteiger partial charge >= 0.3 is 0 Å². The Balaban J connectivity index is 1.64. The van der Waals surface area contributed by atoms with Crippen molar-refractivity contribution in [1.29, 1.82) is 5.26 Å². The van der Waals surface area contributed by atoms with Gasteiger partial charge in [-0.05, 0) is 75.8 Å². The van der Waals surface area contributed by atoms with Crippen LogP contribution in [-0.4, -0.2) is 79.3 Å². The summed E-state index contributed by atoms with van der Waals surface area (Å²) < 4.78 is 113. The molecule has 3 aromatic carbocycles. The molecular formula is C37H37BrN4O13S3. The number of nitriles is 1. The van der Waals surface area contributed by atoms with E-state index >= 15 is 0 Å². The molecule has 0 radical (unpaired) electrons. The third kappa shape index (κ3) is 12.7. The molecule has 0 fully saturated rings. The van der Waals surface area contributed by atoms with E-state index < -0.39 is 59.2 Å². The predicted octanol–water partition coefficient (Wildman–Crippen LogP) is 3.73. The van der Waals surface area contributed by atoms with Crippen molar-refractivity contribution < 1.29 is 57.9 Å². The number of rotatable bonds is 19. The number of halogens is 1. The molecule has 0 spiro atoms. The first-order valence-electron chi connectivity index (χ1n) is 16.8. The molecule has 0 unspecified atom stereocenters. The minimum atomic E-state index is -5.44. The maximum atomic E-state index is 13.0. The summed E-state index contributed by atoms with van der Waals surface area (Å²) >= 11 is 3.48. The van der Waals surface area contributed by atoms with Gasteiger partial charge in [0.1, 0.15) is 49.2 Å². The number of pyridine rings is 1. The second kappa shape index (κ2) is 19.6. The number of ether oxygens (including phenoxy) is 3. The Hall–Kier alpha value is -5.10. The summed E-state index contributed by atoms with van der Waals surface area (Å²) in [7, 11) is -15.7. The van der Waals surface area contributed by atoms with Crippen molar-refractivity contribution >= 4 is 52.2 Å². The summed E-state index contributed by atoms with van der Waals surface area (Å²) in [6.45, 7) is 2.29. The fourth-order valence-corrected chi connectivity index (χ4v) is 8.57. The van der Waals surface area contributed by atoms with Crippen molar-refractivity contribution in [3.8, 4) is 46.8 Å². The van der Waals surface area contributed by atoms with Gasteiger partial charge in [0.2, 0.25) is 10.5 Å². The predicted molar refractivity (Wildman–Crippen MR) is 214 cm³/mol. The number of terminal acetylenes is 1. The summed E-state index contributed by atoms with van der Waals surface area (Å²) in [6.07, 6.45) is 8.21. The van der Waals surface area contributed by atoms with Gasteiger partial charge in [0.05, 0.1) is 22.3 Å². The topological polar surface area (TPSA) is 269 Å². The van der Waals surface area contributed by atoms with Crippen LogP contribution in [0.15, 0.2) is 71.5 Å².